The Morgan fingerprint density at radius 1 is 1.69 bits per heavy atom. The minimum Gasteiger partial charge on any atom is -0.310 e. The van der Waals surface area contributed by atoms with Gasteiger partial charge in [-0.1, -0.05) is 5.21 Å². The number of nitrogens with zero attached hydrogens (tertiary/aromatic N) is 3. The average Bonchev–Trinajstić information content (AvgIpc) is 2.44. The van der Waals surface area contributed by atoms with Crippen molar-refractivity contribution in [2.24, 2.45) is 7.05 Å². The highest BCUT2D eigenvalue weighted by Crippen LogP contribution is 2.13. The largest absolute Gasteiger partial charge is 0.310 e. The number of aromatic nitrogens is 3. The van der Waals surface area contributed by atoms with Gasteiger partial charge in [0.15, 0.2) is 10.4 Å². The molecule has 0 fully saturated rings. The fraction of sp³-hybridized carbons (Fsp3) is 0.571. The Balaban J connectivity index is 3.01. The third kappa shape index (κ3) is 1.94. The summed E-state index contributed by atoms with van der Waals surface area (Å²) in [5.41, 5.74) is 0.488. The van der Waals surface area contributed by atoms with Crippen molar-refractivity contribution in [2.45, 2.75) is 13.0 Å². The van der Waals surface area contributed by atoms with Crippen LogP contribution in [0.2, 0.25) is 0 Å². The molecule has 0 saturated carbocycles. The van der Waals surface area contributed by atoms with Crippen molar-refractivity contribution >= 4 is 21.7 Å². The van der Waals surface area contributed by atoms with Crippen molar-refractivity contribution < 1.29 is 4.79 Å². The SMILES string of the molecule is CNC(C)C(=O)c1c(Br)nnn1C. The molecule has 0 aliphatic heterocycles. The number of likely N-dealkylation sites (N-methyl/N-ethyl adjacent to an activating group) is 1. The minimum absolute atomic E-state index is 0.0260. The molecule has 1 aromatic rings. The zero-order valence-electron chi connectivity index (χ0n) is 7.71. The van der Waals surface area contributed by atoms with Gasteiger partial charge in [-0.15, -0.1) is 5.10 Å². The first kappa shape index (κ1) is 10.3. The van der Waals surface area contributed by atoms with E-state index in [-0.39, 0.29) is 11.8 Å². The van der Waals surface area contributed by atoms with Gasteiger partial charge in [0.1, 0.15) is 5.69 Å². The van der Waals surface area contributed by atoms with Gasteiger partial charge in [-0.2, -0.15) is 0 Å². The summed E-state index contributed by atoms with van der Waals surface area (Å²) in [5, 5.41) is 10.3. The molecule has 0 saturated heterocycles. The lowest BCUT2D eigenvalue weighted by molar-refractivity contribution is 0.0945. The molecule has 72 valence electrons. The molecule has 5 nitrogen and oxygen atoms in total. The lowest BCUT2D eigenvalue weighted by atomic mass is 10.2. The van der Waals surface area contributed by atoms with Gasteiger partial charge in [0.05, 0.1) is 6.04 Å². The van der Waals surface area contributed by atoms with Gasteiger partial charge < -0.3 is 5.32 Å². The summed E-state index contributed by atoms with van der Waals surface area (Å²) in [5.74, 6) is -0.0260. The number of ketones is 1. The van der Waals surface area contributed by atoms with E-state index in [0.717, 1.165) is 0 Å². The fourth-order valence-electron chi connectivity index (χ4n) is 0.929. The molecular weight excluding hydrogens is 236 g/mol. The van der Waals surface area contributed by atoms with Crippen LogP contribution in [0.15, 0.2) is 4.60 Å². The molecule has 1 heterocycles. The minimum atomic E-state index is -0.228. The lowest BCUT2D eigenvalue weighted by Crippen LogP contribution is -2.32. The van der Waals surface area contributed by atoms with Gasteiger partial charge in [-0.3, -0.25) is 4.79 Å². The van der Waals surface area contributed by atoms with Crippen LogP contribution >= 0.6 is 15.9 Å². The standard InChI is InChI=1S/C7H11BrN4O/c1-4(9-2)6(13)5-7(8)10-11-12(5)3/h4,9H,1-3H3. The van der Waals surface area contributed by atoms with Crippen LogP contribution in [0, 0.1) is 0 Å². The van der Waals surface area contributed by atoms with Gasteiger partial charge in [0.25, 0.3) is 0 Å². The van der Waals surface area contributed by atoms with Gasteiger partial charge >= 0.3 is 0 Å². The predicted molar refractivity (Wildman–Crippen MR) is 51.6 cm³/mol. The van der Waals surface area contributed by atoms with E-state index in [2.05, 4.69) is 31.6 Å². The van der Waals surface area contributed by atoms with E-state index < -0.39 is 0 Å². The summed E-state index contributed by atoms with van der Waals surface area (Å²) < 4.78 is 1.95. The normalized spacial score (nSPS) is 12.9. The highest BCUT2D eigenvalue weighted by Gasteiger charge is 2.20. The third-order valence-electron chi connectivity index (χ3n) is 1.85. The average molecular weight is 247 g/mol. The first-order valence-electron chi connectivity index (χ1n) is 3.84. The maximum absolute atomic E-state index is 11.7. The molecule has 0 spiro atoms. The van der Waals surface area contributed by atoms with Crippen molar-refractivity contribution in [3.05, 3.63) is 10.3 Å². The van der Waals surface area contributed by atoms with Crippen molar-refractivity contribution in [1.29, 1.82) is 0 Å². The molecule has 1 rings (SSSR count). The number of aryl methyl sites for hydroxylation is 1. The van der Waals surface area contributed by atoms with Crippen LogP contribution in [-0.2, 0) is 7.05 Å². The number of carbonyl (C=O) groups is 1. The van der Waals surface area contributed by atoms with Crippen LogP contribution in [-0.4, -0.2) is 33.9 Å². The number of nitrogens with one attached hydrogen (secondary N) is 1. The molecule has 1 atom stereocenters. The molecule has 0 amide bonds. The number of rotatable bonds is 3. The monoisotopic (exact) mass is 246 g/mol. The Morgan fingerprint density at radius 3 is 2.69 bits per heavy atom. The molecule has 0 bridgehead atoms. The first-order valence-corrected chi connectivity index (χ1v) is 4.64. The topological polar surface area (TPSA) is 59.8 Å². The molecule has 1 unspecified atom stereocenters. The van der Waals surface area contributed by atoms with Gasteiger partial charge in [0, 0.05) is 7.05 Å². The number of halogens is 1. The van der Waals surface area contributed by atoms with Crippen LogP contribution in [0.25, 0.3) is 0 Å². The van der Waals surface area contributed by atoms with E-state index in [4.69, 9.17) is 0 Å². The molecule has 0 aliphatic rings. The van der Waals surface area contributed by atoms with E-state index in [9.17, 15) is 4.79 Å². The lowest BCUT2D eigenvalue weighted by Gasteiger charge is -2.08. The fourth-order valence-corrected chi connectivity index (χ4v) is 1.45. The van der Waals surface area contributed by atoms with E-state index >= 15 is 0 Å². The molecule has 1 N–H and O–H groups in total. The van der Waals surface area contributed by atoms with Crippen molar-refractivity contribution in [2.75, 3.05) is 7.05 Å². The summed E-state index contributed by atoms with van der Waals surface area (Å²) in [6.07, 6.45) is 0. The molecule has 6 heteroatoms. The second-order valence-corrected chi connectivity index (χ2v) is 3.48. The molecule has 0 aromatic carbocycles. The van der Waals surface area contributed by atoms with E-state index in [1.54, 1.807) is 21.0 Å². The maximum atomic E-state index is 11.7. The summed E-state index contributed by atoms with van der Waals surface area (Å²) in [6, 6.07) is -0.228. The summed E-state index contributed by atoms with van der Waals surface area (Å²) in [6.45, 7) is 1.79. The van der Waals surface area contributed by atoms with Gasteiger partial charge in [-0.05, 0) is 29.9 Å². The van der Waals surface area contributed by atoms with E-state index in [0.29, 0.717) is 10.3 Å². The smallest absolute Gasteiger partial charge is 0.200 e. The Kier molecular flexibility index (Phi) is 3.16. The van der Waals surface area contributed by atoms with Crippen LogP contribution < -0.4 is 5.32 Å². The molecule has 0 aliphatic carbocycles. The number of Topliss-reactive ketones (excluding diaryl/α,β-unsaturated/α-hetero) is 1. The Bertz CT molecular complexity index is 303. The van der Waals surface area contributed by atoms with Crippen molar-refractivity contribution in [3.63, 3.8) is 0 Å². The van der Waals surface area contributed by atoms with Crippen LogP contribution in [0.5, 0.6) is 0 Å². The second kappa shape index (κ2) is 3.97. The van der Waals surface area contributed by atoms with E-state index in [1.807, 2.05) is 0 Å². The van der Waals surface area contributed by atoms with Crippen LogP contribution in [0.4, 0.5) is 0 Å². The maximum Gasteiger partial charge on any atom is 0.200 e. The second-order valence-electron chi connectivity index (χ2n) is 2.73. The molecular formula is C7H11BrN4O. The Hall–Kier alpha value is -0.750. The third-order valence-corrected chi connectivity index (χ3v) is 2.38. The summed E-state index contributed by atoms with van der Waals surface area (Å²) >= 11 is 3.17. The Labute approximate surface area is 84.6 Å². The molecule has 0 radical (unpaired) electrons. The number of hydrogen-bond acceptors (Lipinski definition) is 4. The number of carbonyl (C=O) groups excluding carboxylic acids is 1. The highest BCUT2D eigenvalue weighted by atomic mass is 79.9. The van der Waals surface area contributed by atoms with Crippen LogP contribution in [0.3, 0.4) is 0 Å². The summed E-state index contributed by atoms with van der Waals surface area (Å²) in [7, 11) is 3.42. The highest BCUT2D eigenvalue weighted by molar-refractivity contribution is 9.10. The van der Waals surface area contributed by atoms with Crippen molar-refractivity contribution in [3.8, 4) is 0 Å². The van der Waals surface area contributed by atoms with E-state index in [1.165, 1.54) is 4.68 Å². The van der Waals surface area contributed by atoms with Gasteiger partial charge in [-0.25, -0.2) is 4.68 Å². The number of hydrogen-bond donors (Lipinski definition) is 1. The predicted octanol–water partition coefficient (Wildman–Crippen LogP) is 0.368. The quantitative estimate of drug-likeness (QED) is 0.784. The zero-order valence-corrected chi connectivity index (χ0v) is 9.29. The van der Waals surface area contributed by atoms with Gasteiger partial charge in [0.2, 0.25) is 0 Å². The first-order chi connectivity index (χ1) is 6.07. The van der Waals surface area contributed by atoms with Crippen molar-refractivity contribution in [1.82, 2.24) is 20.3 Å². The van der Waals surface area contributed by atoms with Crippen LogP contribution in [0.1, 0.15) is 17.4 Å². The Morgan fingerprint density at radius 2 is 2.31 bits per heavy atom. The zero-order chi connectivity index (χ0) is 10.0. The molecule has 1 aromatic heterocycles. The molecule has 13 heavy (non-hydrogen) atoms. The summed E-state index contributed by atoms with van der Waals surface area (Å²) in [4.78, 5) is 11.7.